The maximum atomic E-state index is 15.2. The van der Waals surface area contributed by atoms with Gasteiger partial charge >= 0.3 is 11.8 Å². The molecule has 0 unspecified atom stereocenters. The van der Waals surface area contributed by atoms with Gasteiger partial charge in [0, 0.05) is 138 Å². The van der Waals surface area contributed by atoms with E-state index >= 15 is 4.79 Å². The third-order valence-corrected chi connectivity index (χ3v) is 16.1. The van der Waals surface area contributed by atoms with Crippen molar-refractivity contribution in [1.82, 2.24) is 14.8 Å². The lowest BCUT2D eigenvalue weighted by Gasteiger charge is -2.39. The van der Waals surface area contributed by atoms with Crippen molar-refractivity contribution in [3.8, 4) is 11.5 Å². The third kappa shape index (κ3) is 11.5. The molecule has 4 aliphatic rings. The van der Waals surface area contributed by atoms with E-state index in [2.05, 4.69) is 58.7 Å². The number of fused-ring (bicyclic) bond motifs is 2. The highest BCUT2D eigenvalue weighted by molar-refractivity contribution is 6.26. The van der Waals surface area contributed by atoms with E-state index < -0.39 is 82.7 Å². The molecule has 0 radical (unpaired) electrons. The second-order valence-electron chi connectivity index (χ2n) is 22.9. The zero-order valence-corrected chi connectivity index (χ0v) is 47.1. The Labute approximate surface area is 451 Å². The van der Waals surface area contributed by atoms with Crippen LogP contribution in [0.1, 0.15) is 92.1 Å². The predicted molar refractivity (Wildman–Crippen MR) is 299 cm³/mol. The van der Waals surface area contributed by atoms with Crippen LogP contribution in [0.25, 0.3) is 33.0 Å². The van der Waals surface area contributed by atoms with E-state index in [0.29, 0.717) is 36.0 Å². The molecule has 4 bridgehead atoms. The summed E-state index contributed by atoms with van der Waals surface area (Å²) in [5, 5.41) is 38.4. The Balaban J connectivity index is 1.35. The predicted octanol–water partition coefficient (Wildman–Crippen LogP) is 7.55. The molecule has 1 amide bonds. The number of aliphatic hydroxyl groups is 2. The fourth-order valence-corrected chi connectivity index (χ4v) is 11.7. The minimum absolute atomic E-state index is 0.0114. The van der Waals surface area contributed by atoms with Crippen LogP contribution in [0.2, 0.25) is 0 Å². The Morgan fingerprint density at radius 2 is 1.47 bits per heavy atom. The van der Waals surface area contributed by atoms with E-state index in [1.807, 2.05) is 6.07 Å². The van der Waals surface area contributed by atoms with Crippen LogP contribution in [0.15, 0.2) is 57.5 Å². The van der Waals surface area contributed by atoms with Gasteiger partial charge in [-0.25, -0.2) is 4.98 Å². The molecule has 1 aromatic heterocycles. The minimum Gasteiger partial charge on any atom is -0.505 e. The van der Waals surface area contributed by atoms with Gasteiger partial charge in [0.2, 0.25) is 0 Å². The summed E-state index contributed by atoms with van der Waals surface area (Å²) in [6.07, 6.45) is 3.77. The lowest BCUT2D eigenvalue weighted by molar-refractivity contribution is -0.160. The van der Waals surface area contributed by atoms with Crippen LogP contribution in [0.3, 0.4) is 0 Å². The Bertz CT molecular complexity index is 3040. The summed E-state index contributed by atoms with van der Waals surface area (Å²) in [4.78, 5) is 71.9. The maximum absolute atomic E-state index is 15.2. The van der Waals surface area contributed by atoms with Crippen molar-refractivity contribution in [2.24, 2.45) is 35.5 Å². The average molecular weight is 1070 g/mol. The van der Waals surface area contributed by atoms with Crippen molar-refractivity contribution in [3.63, 3.8) is 0 Å². The van der Waals surface area contributed by atoms with E-state index in [4.69, 9.17) is 28.3 Å². The number of phenols is 1. The zero-order valence-electron chi connectivity index (χ0n) is 47.1. The molecule has 8 rings (SSSR count). The molecule has 3 aromatic carbocycles. The highest BCUT2D eigenvalue weighted by Gasteiger charge is 2.50. The Kier molecular flexibility index (Phi) is 17.1. The molecule has 4 aromatic rings. The van der Waals surface area contributed by atoms with Crippen molar-refractivity contribution in [3.05, 3.63) is 69.6 Å². The quantitative estimate of drug-likeness (QED) is 0.0580. The summed E-state index contributed by atoms with van der Waals surface area (Å²) in [5.41, 5.74) is 1.77. The van der Waals surface area contributed by atoms with Gasteiger partial charge in [0.05, 0.1) is 41.2 Å². The second kappa shape index (κ2) is 23.1. The van der Waals surface area contributed by atoms with Gasteiger partial charge in [0.1, 0.15) is 28.6 Å². The van der Waals surface area contributed by atoms with Gasteiger partial charge in [-0.05, 0) is 37.8 Å². The van der Waals surface area contributed by atoms with Crippen molar-refractivity contribution < 1.29 is 53.1 Å². The standard InChI is InChI=1S/C59H80N6O12/c1-31(2)29-62-18-22-64(23-19-62)40-27-41(65-24-20-63(21-25-65)30-32(3)4)47-43(28-40)76-56-48(60-47)44-45-52(69)38(10)55-46(44)57(71)59(12,77-55)74-26-17-42(73-13)35(7)54(75-39(11)66)37(9)51(68)36(8)50(67)33(5)15-14-16-34(6)58(72)61-49(56)53(45)70/h14-17,26-28,31-33,35-37,42,50-51,54,67-68,70H,18-25,29-30H2,1-13H3,(H,61,72)/b15-14+,26-17+,34-16-/t33-,35+,36+,37+,42-,50-,51+,54+,59-/m0/s1. The van der Waals surface area contributed by atoms with Crippen LogP contribution >= 0.6 is 0 Å². The van der Waals surface area contributed by atoms with Crippen LogP contribution in [0.4, 0.5) is 17.1 Å². The molecular weight excluding hydrogens is 985 g/mol. The van der Waals surface area contributed by atoms with Gasteiger partial charge in [-0.15, -0.1) is 0 Å². The van der Waals surface area contributed by atoms with Gasteiger partial charge < -0.3 is 53.8 Å². The number of phenolic OH excluding ortho intramolecular Hbond substituents is 1. The normalized spacial score (nSPS) is 29.0. The van der Waals surface area contributed by atoms with Crippen LogP contribution in [0.5, 0.6) is 11.5 Å². The van der Waals surface area contributed by atoms with E-state index in [9.17, 15) is 29.7 Å². The number of amides is 1. The summed E-state index contributed by atoms with van der Waals surface area (Å²) in [6, 6.07) is 4.08. The van der Waals surface area contributed by atoms with Crippen molar-refractivity contribution in [2.75, 3.05) is 87.7 Å². The molecule has 18 nitrogen and oxygen atoms in total. The molecule has 4 N–H and O–H groups in total. The number of allylic oxidation sites excluding steroid dienone is 2. The van der Waals surface area contributed by atoms with E-state index in [-0.39, 0.29) is 50.0 Å². The average Bonchev–Trinajstić information content (AvgIpc) is 3.80. The number of methoxy groups -OCH3 is 1. The van der Waals surface area contributed by atoms with Gasteiger partial charge in [-0.1, -0.05) is 73.6 Å². The van der Waals surface area contributed by atoms with Crippen LogP contribution in [-0.2, 0) is 23.8 Å². The van der Waals surface area contributed by atoms with Gasteiger partial charge in [-0.2, -0.15) is 0 Å². The Morgan fingerprint density at radius 3 is 2.06 bits per heavy atom. The topological polar surface area (TPSA) is 217 Å². The van der Waals surface area contributed by atoms with Gasteiger partial charge in [-0.3, -0.25) is 29.0 Å². The molecule has 18 heteroatoms. The number of piperazine rings is 2. The number of anilines is 3. The Morgan fingerprint density at radius 1 is 0.844 bits per heavy atom. The first-order valence-corrected chi connectivity index (χ1v) is 27.3. The third-order valence-electron chi connectivity index (χ3n) is 16.1. The molecule has 9 atom stereocenters. The van der Waals surface area contributed by atoms with Crippen LogP contribution in [-0.4, -0.2) is 151 Å². The lowest BCUT2D eigenvalue weighted by atomic mass is 9.78. The highest BCUT2D eigenvalue weighted by Crippen LogP contribution is 2.49. The summed E-state index contributed by atoms with van der Waals surface area (Å²) >= 11 is 0. The molecule has 5 heterocycles. The number of aromatic hydroxyl groups is 1. The zero-order chi connectivity index (χ0) is 55.9. The smallest absolute Gasteiger partial charge is 0.312 e. The van der Waals surface area contributed by atoms with Crippen LogP contribution < -0.4 is 25.3 Å². The van der Waals surface area contributed by atoms with Crippen molar-refractivity contribution in [1.29, 1.82) is 0 Å². The number of nitrogens with one attached hydrogen (secondary N) is 1. The number of aromatic nitrogens is 1. The van der Waals surface area contributed by atoms with Crippen molar-refractivity contribution >= 4 is 67.7 Å². The second-order valence-corrected chi connectivity index (χ2v) is 22.9. The number of Topliss-reactive ketones (excluding diaryl/α,β-unsaturated/α-hetero) is 1. The molecule has 2 fully saturated rings. The number of ether oxygens (including phenoxy) is 4. The number of ketones is 1. The summed E-state index contributed by atoms with van der Waals surface area (Å²) in [6.45, 7) is 30.0. The number of aliphatic hydroxyl groups excluding tert-OH is 2. The minimum atomic E-state index is -2.06. The highest BCUT2D eigenvalue weighted by atomic mass is 16.7. The summed E-state index contributed by atoms with van der Waals surface area (Å²) in [7, 11) is 1.47. The van der Waals surface area contributed by atoms with E-state index in [0.717, 1.165) is 63.7 Å². The first-order chi connectivity index (χ1) is 36.4. The molecule has 418 valence electrons. The molecule has 0 spiro atoms. The first-order valence-electron chi connectivity index (χ1n) is 27.3. The molecule has 0 saturated carbocycles. The number of rotatable bonds is 8. The number of carbonyl (C=O) groups is 3. The van der Waals surface area contributed by atoms with Gasteiger partial charge in [0.25, 0.3) is 11.7 Å². The van der Waals surface area contributed by atoms with E-state index in [1.165, 1.54) is 34.1 Å². The number of nitrogens with zero attached hydrogens (tertiary/aromatic N) is 5. The number of esters is 1. The van der Waals surface area contributed by atoms with Crippen LogP contribution in [0, 0.1) is 42.4 Å². The Hall–Kier alpha value is -6.05. The monoisotopic (exact) mass is 1060 g/mol. The molecule has 0 aliphatic carbocycles. The molecule has 4 aliphatic heterocycles. The molecular formula is C59H80N6O12. The molecule has 2 saturated heterocycles. The largest absolute Gasteiger partial charge is 0.505 e. The van der Waals surface area contributed by atoms with Gasteiger partial charge in [0.15, 0.2) is 22.3 Å². The number of hydrogen-bond donors (Lipinski definition) is 4. The SMILES string of the molecule is CO[C@H]1/C=C/O[C@@]2(C)Oc3c(C)c(=O)c4c(O)c(c5oc6cc(N7CCN(CC(C)C)CC7)cc(N7CCN(CC(C)C)CC7)c6nc5c4c3C2=O)NC(=O)/C(C)=C\C=C\[C@H](C)[C@H](O)[C@@H](C)[C@@H](O)[C@@H](C)[C@H](OC(C)=O)[C@@H]1C. The first kappa shape index (κ1) is 57.1. The summed E-state index contributed by atoms with van der Waals surface area (Å²) < 4.78 is 31.3. The summed E-state index contributed by atoms with van der Waals surface area (Å²) in [5.74, 6) is -6.15. The number of hydrogen-bond acceptors (Lipinski definition) is 17. The van der Waals surface area contributed by atoms with E-state index in [1.54, 1.807) is 58.9 Å². The fourth-order valence-electron chi connectivity index (χ4n) is 11.7. The number of carbonyl (C=O) groups excluding carboxylic acids is 3. The lowest BCUT2D eigenvalue weighted by Crippen LogP contribution is -2.48. The fraction of sp³-hybridized carbons (Fsp3) is 0.576. The molecule has 77 heavy (non-hydrogen) atoms. The number of benzene rings is 3. The maximum Gasteiger partial charge on any atom is 0.312 e. The van der Waals surface area contributed by atoms with Crippen molar-refractivity contribution in [2.45, 2.75) is 113 Å².